The molecule has 4 heterocycles. The first-order chi connectivity index (χ1) is 18.5. The van der Waals surface area contributed by atoms with E-state index in [-0.39, 0.29) is 0 Å². The van der Waals surface area contributed by atoms with Crippen LogP contribution in [0.4, 0.5) is 0 Å². The second kappa shape index (κ2) is 8.91. The summed E-state index contributed by atoms with van der Waals surface area (Å²) >= 11 is 0. The number of fused-ring (bicyclic) bond motifs is 2. The lowest BCUT2D eigenvalue weighted by molar-refractivity contribution is 0.191. The van der Waals surface area contributed by atoms with Crippen LogP contribution in [-0.2, 0) is 26.4 Å². The van der Waals surface area contributed by atoms with Gasteiger partial charge in [-0.25, -0.2) is 9.97 Å². The molecular weight excluding hydrogens is 472 g/mol. The summed E-state index contributed by atoms with van der Waals surface area (Å²) in [6.45, 7) is 8.66. The van der Waals surface area contributed by atoms with Gasteiger partial charge in [-0.2, -0.15) is 10.2 Å². The van der Waals surface area contributed by atoms with Gasteiger partial charge in [0.05, 0.1) is 23.1 Å². The van der Waals surface area contributed by atoms with E-state index in [0.29, 0.717) is 12.0 Å². The molecule has 1 aliphatic carbocycles. The Labute approximate surface area is 222 Å². The number of likely N-dealkylation sites (N-methyl/N-ethyl adjacent to an activating group) is 1. The normalized spacial score (nSPS) is 17.8. The van der Waals surface area contributed by atoms with Crippen molar-refractivity contribution in [3.63, 3.8) is 0 Å². The van der Waals surface area contributed by atoms with Crippen molar-refractivity contribution in [1.29, 1.82) is 0 Å². The highest BCUT2D eigenvalue weighted by atomic mass is 15.3. The number of aryl methyl sites for hydroxylation is 2. The third-order valence-corrected chi connectivity index (χ3v) is 8.43. The highest BCUT2D eigenvalue weighted by Crippen LogP contribution is 2.45. The number of aromatic amines is 2. The van der Waals surface area contributed by atoms with E-state index >= 15 is 0 Å². The molecule has 3 aromatic heterocycles. The number of hydrogen-bond donors (Lipinski definition) is 2. The van der Waals surface area contributed by atoms with E-state index in [9.17, 15) is 0 Å². The third-order valence-electron chi connectivity index (χ3n) is 8.43. The lowest BCUT2D eigenvalue weighted by atomic mass is 9.96. The average molecular weight is 507 g/mol. The maximum atomic E-state index is 4.99. The standard InChI is InChI=1S/C30H34N8/c1-5-38-16-26-25(13-18(38)3)32-30(33-26)22-10-8-21(12-17(22)2)29-34-27(37(4)36-29)14-20-9-11-24-23(15-31-35-24)28(20)19-6-7-19/h8-12,15,18-19H,5-7,13-14,16H2,1-4H3,(H,31,35)(H,32,33). The Morgan fingerprint density at radius 1 is 1.11 bits per heavy atom. The Morgan fingerprint density at radius 2 is 1.97 bits per heavy atom. The third kappa shape index (κ3) is 3.95. The summed E-state index contributed by atoms with van der Waals surface area (Å²) in [5, 5.41) is 13.4. The van der Waals surface area contributed by atoms with Crippen LogP contribution in [0.1, 0.15) is 66.5 Å². The van der Waals surface area contributed by atoms with Gasteiger partial charge in [0.15, 0.2) is 5.82 Å². The first-order valence-electron chi connectivity index (χ1n) is 13.8. The van der Waals surface area contributed by atoms with Gasteiger partial charge < -0.3 is 4.98 Å². The van der Waals surface area contributed by atoms with Gasteiger partial charge in [-0.3, -0.25) is 14.7 Å². The van der Waals surface area contributed by atoms with Crippen molar-refractivity contribution < 1.29 is 0 Å². The smallest absolute Gasteiger partial charge is 0.181 e. The van der Waals surface area contributed by atoms with Crippen LogP contribution in [0, 0.1) is 6.92 Å². The summed E-state index contributed by atoms with van der Waals surface area (Å²) in [4.78, 5) is 16.1. The van der Waals surface area contributed by atoms with Gasteiger partial charge in [-0.15, -0.1) is 0 Å². The zero-order chi connectivity index (χ0) is 26.0. The van der Waals surface area contributed by atoms with Crippen molar-refractivity contribution in [2.24, 2.45) is 7.05 Å². The monoisotopic (exact) mass is 506 g/mol. The van der Waals surface area contributed by atoms with Crippen molar-refractivity contribution in [3.8, 4) is 22.8 Å². The number of hydrogen-bond acceptors (Lipinski definition) is 5. The summed E-state index contributed by atoms with van der Waals surface area (Å²) in [5.74, 6) is 3.33. The van der Waals surface area contributed by atoms with E-state index in [0.717, 1.165) is 60.0 Å². The molecule has 1 atom stereocenters. The van der Waals surface area contributed by atoms with Crippen LogP contribution >= 0.6 is 0 Å². The Balaban J connectivity index is 1.17. The van der Waals surface area contributed by atoms with Crippen molar-refractivity contribution in [2.45, 2.75) is 65.0 Å². The lowest BCUT2D eigenvalue weighted by Gasteiger charge is -2.31. The molecule has 0 bridgehead atoms. The summed E-state index contributed by atoms with van der Waals surface area (Å²) < 4.78 is 1.93. The predicted octanol–water partition coefficient (Wildman–Crippen LogP) is 5.29. The van der Waals surface area contributed by atoms with Crippen molar-refractivity contribution in [1.82, 2.24) is 39.8 Å². The highest BCUT2D eigenvalue weighted by Gasteiger charge is 2.29. The van der Waals surface area contributed by atoms with Gasteiger partial charge in [0.25, 0.3) is 0 Å². The predicted molar refractivity (Wildman–Crippen MR) is 149 cm³/mol. The lowest BCUT2D eigenvalue weighted by Crippen LogP contribution is -2.38. The van der Waals surface area contributed by atoms with Gasteiger partial charge in [-0.05, 0) is 68.0 Å². The molecule has 1 aliphatic heterocycles. The number of imidazole rings is 1. The van der Waals surface area contributed by atoms with Crippen molar-refractivity contribution in [3.05, 3.63) is 70.4 Å². The fourth-order valence-electron chi connectivity index (χ4n) is 6.09. The van der Waals surface area contributed by atoms with Crippen LogP contribution in [0.5, 0.6) is 0 Å². The number of benzene rings is 2. The molecule has 2 aliphatic rings. The maximum Gasteiger partial charge on any atom is 0.181 e. The first-order valence-corrected chi connectivity index (χ1v) is 13.8. The van der Waals surface area contributed by atoms with E-state index in [4.69, 9.17) is 15.1 Å². The quantitative estimate of drug-likeness (QED) is 0.326. The molecule has 8 heteroatoms. The number of nitrogens with one attached hydrogen (secondary N) is 2. The minimum absolute atomic E-state index is 0.526. The Kier molecular flexibility index (Phi) is 5.47. The molecule has 2 N–H and O–H groups in total. The minimum atomic E-state index is 0.526. The molecule has 0 saturated heterocycles. The molecule has 1 unspecified atom stereocenters. The summed E-state index contributed by atoms with van der Waals surface area (Å²) in [5.41, 5.74) is 9.66. The van der Waals surface area contributed by atoms with Crippen LogP contribution in [-0.4, -0.2) is 52.4 Å². The highest BCUT2D eigenvalue weighted by molar-refractivity contribution is 5.84. The molecular formula is C30H34N8. The Hall–Kier alpha value is -3.78. The molecule has 2 aromatic carbocycles. The molecule has 0 radical (unpaired) electrons. The van der Waals surface area contributed by atoms with Gasteiger partial charge >= 0.3 is 0 Å². The number of nitrogens with zero attached hydrogens (tertiary/aromatic N) is 6. The van der Waals surface area contributed by atoms with Crippen molar-refractivity contribution >= 4 is 10.9 Å². The largest absolute Gasteiger partial charge is 0.341 e. The molecule has 194 valence electrons. The van der Waals surface area contributed by atoms with Gasteiger partial charge in [0.2, 0.25) is 0 Å². The first kappa shape index (κ1) is 23.3. The molecule has 0 amide bonds. The molecule has 1 saturated carbocycles. The van der Waals surface area contributed by atoms with E-state index in [1.54, 1.807) is 0 Å². The molecule has 1 fully saturated rings. The van der Waals surface area contributed by atoms with E-state index in [1.165, 1.54) is 46.3 Å². The molecule has 7 rings (SSSR count). The van der Waals surface area contributed by atoms with Crippen molar-refractivity contribution in [2.75, 3.05) is 6.54 Å². The second-order valence-corrected chi connectivity index (χ2v) is 11.1. The molecule has 5 aromatic rings. The Morgan fingerprint density at radius 3 is 2.76 bits per heavy atom. The number of H-pyrrole nitrogens is 2. The van der Waals surface area contributed by atoms with Gasteiger partial charge in [0.1, 0.15) is 11.6 Å². The summed E-state index contributed by atoms with van der Waals surface area (Å²) in [6.07, 6.45) is 6.23. The fraction of sp³-hybridized carbons (Fsp3) is 0.400. The maximum absolute atomic E-state index is 4.99. The minimum Gasteiger partial charge on any atom is -0.341 e. The topological polar surface area (TPSA) is 91.3 Å². The molecule has 38 heavy (non-hydrogen) atoms. The van der Waals surface area contributed by atoms with E-state index in [2.05, 4.69) is 71.2 Å². The van der Waals surface area contributed by atoms with Crippen LogP contribution in [0.25, 0.3) is 33.7 Å². The van der Waals surface area contributed by atoms with Crippen LogP contribution in [0.15, 0.2) is 36.5 Å². The van der Waals surface area contributed by atoms with Crippen LogP contribution < -0.4 is 0 Å². The van der Waals surface area contributed by atoms with Gasteiger partial charge in [0, 0.05) is 49.0 Å². The Bertz CT molecular complexity index is 1650. The number of rotatable bonds is 6. The second-order valence-electron chi connectivity index (χ2n) is 11.1. The molecule has 0 spiro atoms. The van der Waals surface area contributed by atoms with E-state index in [1.807, 2.05) is 17.9 Å². The zero-order valence-electron chi connectivity index (χ0n) is 22.5. The van der Waals surface area contributed by atoms with Crippen LogP contribution in [0.2, 0.25) is 0 Å². The summed E-state index contributed by atoms with van der Waals surface area (Å²) in [6, 6.07) is 11.4. The number of aromatic nitrogens is 7. The zero-order valence-corrected chi connectivity index (χ0v) is 22.5. The van der Waals surface area contributed by atoms with Gasteiger partial charge in [-0.1, -0.05) is 25.1 Å². The molecule has 8 nitrogen and oxygen atoms in total. The van der Waals surface area contributed by atoms with Crippen LogP contribution in [0.3, 0.4) is 0 Å². The fourth-order valence-corrected chi connectivity index (χ4v) is 6.09. The average Bonchev–Trinajstić information content (AvgIpc) is 3.30. The summed E-state index contributed by atoms with van der Waals surface area (Å²) in [7, 11) is 1.99. The SMILES string of the molecule is CCN1Cc2[nH]c(-c3ccc(-c4nc(Cc5ccc6[nH]ncc6c5C5CC5)n(C)n4)cc3C)nc2CC1C. The van der Waals surface area contributed by atoms with E-state index < -0.39 is 0 Å².